The van der Waals surface area contributed by atoms with Crippen molar-refractivity contribution in [1.29, 1.82) is 0 Å². The number of oxazole rings is 1. The highest BCUT2D eigenvalue weighted by molar-refractivity contribution is 5.97. The zero-order valence-corrected chi connectivity index (χ0v) is 20.9. The minimum absolute atomic E-state index is 0.105. The lowest BCUT2D eigenvalue weighted by molar-refractivity contribution is -0.132. The van der Waals surface area contributed by atoms with Crippen LogP contribution in [-0.4, -0.2) is 34.5 Å². The molecule has 7 heteroatoms. The summed E-state index contributed by atoms with van der Waals surface area (Å²) in [6, 6.07) is 14.7. The van der Waals surface area contributed by atoms with Crippen molar-refractivity contribution in [3.63, 3.8) is 0 Å². The van der Waals surface area contributed by atoms with Crippen LogP contribution in [-0.2, 0) is 16.0 Å². The van der Waals surface area contributed by atoms with Crippen LogP contribution in [0.4, 0.5) is 0 Å². The number of carboxylic acid groups (broad SMARTS) is 1. The molecule has 37 heavy (non-hydrogen) atoms. The average molecular weight is 501 g/mol. The van der Waals surface area contributed by atoms with Gasteiger partial charge in [-0.15, -0.1) is 0 Å². The van der Waals surface area contributed by atoms with Crippen molar-refractivity contribution >= 4 is 17.8 Å². The number of nitrogens with zero attached hydrogens (tertiary/aromatic N) is 1. The molecule has 0 atom stereocenters. The predicted octanol–water partition coefficient (Wildman–Crippen LogP) is 5.87. The molecule has 1 aliphatic carbocycles. The molecule has 0 spiro atoms. The van der Waals surface area contributed by atoms with Crippen LogP contribution in [0.5, 0.6) is 0 Å². The molecule has 2 N–H and O–H groups in total. The van der Waals surface area contributed by atoms with E-state index in [0.717, 1.165) is 24.3 Å². The van der Waals surface area contributed by atoms with Crippen molar-refractivity contribution in [2.45, 2.75) is 57.8 Å². The number of benzene rings is 2. The molecule has 1 heterocycles. The van der Waals surface area contributed by atoms with E-state index >= 15 is 0 Å². The van der Waals surface area contributed by atoms with Gasteiger partial charge < -0.3 is 14.8 Å². The fourth-order valence-corrected chi connectivity index (χ4v) is 5.05. The molecule has 1 saturated carbocycles. The van der Waals surface area contributed by atoms with Gasteiger partial charge in [-0.3, -0.25) is 4.79 Å². The summed E-state index contributed by atoms with van der Waals surface area (Å²) in [7, 11) is 0. The van der Waals surface area contributed by atoms with Crippen molar-refractivity contribution in [2.75, 3.05) is 6.54 Å². The number of carbonyl (C=O) groups is 2. The van der Waals surface area contributed by atoms with E-state index in [1.54, 1.807) is 18.2 Å². The van der Waals surface area contributed by atoms with Crippen LogP contribution in [0.3, 0.4) is 0 Å². The number of carbonyl (C=O) groups excluding carboxylic acids is 2. The van der Waals surface area contributed by atoms with E-state index in [-0.39, 0.29) is 29.5 Å². The number of unbranched alkanes of at least 4 members (excludes halogenated alkanes) is 1. The number of hydrogen-bond acceptors (Lipinski definition) is 5. The Morgan fingerprint density at radius 3 is 2.54 bits per heavy atom. The minimum atomic E-state index is -1.31. The Kier molecular flexibility index (Phi) is 9.06. The number of rotatable bonds is 11. The summed E-state index contributed by atoms with van der Waals surface area (Å²) in [4.78, 5) is 39.8. The van der Waals surface area contributed by atoms with Gasteiger partial charge in [0.15, 0.2) is 5.69 Å². The van der Waals surface area contributed by atoms with Gasteiger partial charge >= 0.3 is 5.97 Å². The third-order valence-corrected chi connectivity index (χ3v) is 6.98. The maximum absolute atomic E-state index is 12.7. The minimum Gasteiger partial charge on any atom is -0.477 e. The average Bonchev–Trinajstić information content (AvgIpc) is 3.42. The maximum atomic E-state index is 12.7. The molecule has 0 bridgehead atoms. The fraction of sp³-hybridized carbons (Fsp3) is 0.367. The molecule has 0 aliphatic heterocycles. The van der Waals surface area contributed by atoms with E-state index in [2.05, 4.69) is 10.3 Å². The van der Waals surface area contributed by atoms with Gasteiger partial charge in [-0.1, -0.05) is 87.4 Å². The SMILES string of the molecule is O=C=C(Cc1cccc(-c2nc(C(=O)NCCCCC3CCCCC3)co2)c1-c1ccccc1)C(=O)O. The number of nitrogens with one attached hydrogen (secondary N) is 1. The lowest BCUT2D eigenvalue weighted by Gasteiger charge is -2.21. The lowest BCUT2D eigenvalue weighted by atomic mass is 9.86. The fourth-order valence-electron chi connectivity index (χ4n) is 5.05. The second kappa shape index (κ2) is 12.8. The van der Waals surface area contributed by atoms with Crippen LogP contribution in [0.1, 0.15) is 67.4 Å². The summed E-state index contributed by atoms with van der Waals surface area (Å²) in [5, 5.41) is 12.3. The van der Waals surface area contributed by atoms with E-state index in [0.29, 0.717) is 23.2 Å². The van der Waals surface area contributed by atoms with Gasteiger partial charge in [0.1, 0.15) is 17.8 Å². The van der Waals surface area contributed by atoms with Gasteiger partial charge in [0, 0.05) is 18.5 Å². The van der Waals surface area contributed by atoms with Gasteiger partial charge in [-0.2, -0.15) is 0 Å². The molecule has 4 rings (SSSR count). The third kappa shape index (κ3) is 6.83. The molecule has 7 nitrogen and oxygen atoms in total. The Labute approximate surface area is 216 Å². The van der Waals surface area contributed by atoms with E-state index in [1.165, 1.54) is 50.7 Å². The number of aromatic nitrogens is 1. The molecule has 1 aliphatic rings. The molecule has 0 radical (unpaired) electrons. The first-order chi connectivity index (χ1) is 18.1. The Balaban J connectivity index is 1.48. The molecular formula is C30H32N2O5. The molecule has 1 fully saturated rings. The smallest absolute Gasteiger partial charge is 0.343 e. The van der Waals surface area contributed by atoms with Crippen LogP contribution in [0.25, 0.3) is 22.6 Å². The molecule has 1 amide bonds. The highest BCUT2D eigenvalue weighted by atomic mass is 16.4. The number of amides is 1. The molecule has 0 unspecified atom stereocenters. The van der Waals surface area contributed by atoms with E-state index < -0.39 is 5.97 Å². The van der Waals surface area contributed by atoms with Crippen LogP contribution in [0, 0.1) is 5.92 Å². The van der Waals surface area contributed by atoms with Crippen LogP contribution >= 0.6 is 0 Å². The first-order valence-electron chi connectivity index (χ1n) is 13.0. The van der Waals surface area contributed by atoms with Gasteiger partial charge in [0.05, 0.1) is 0 Å². The summed E-state index contributed by atoms with van der Waals surface area (Å²) in [6.07, 6.45) is 11.2. The molecular weight excluding hydrogens is 468 g/mol. The monoisotopic (exact) mass is 500 g/mol. The zero-order valence-electron chi connectivity index (χ0n) is 20.9. The topological polar surface area (TPSA) is 110 Å². The largest absolute Gasteiger partial charge is 0.477 e. The second-order valence-electron chi connectivity index (χ2n) is 9.56. The molecule has 192 valence electrons. The Morgan fingerprint density at radius 1 is 1.03 bits per heavy atom. The standard InChI is InChI=1S/C30H32N2O5/c33-19-24(30(35)36)18-23-15-9-16-25(27(23)22-13-5-2-6-14-22)29-32-26(20-37-29)28(34)31-17-8-7-12-21-10-3-1-4-11-21/h2,5-6,9,13-16,20-21H,1,3-4,7-8,10-12,17-18H2,(H,31,34)(H,35,36). The highest BCUT2D eigenvalue weighted by Gasteiger charge is 2.21. The Bertz CT molecular complexity index is 1270. The van der Waals surface area contributed by atoms with Crippen molar-refractivity contribution in [2.24, 2.45) is 5.92 Å². The van der Waals surface area contributed by atoms with Crippen LogP contribution < -0.4 is 5.32 Å². The van der Waals surface area contributed by atoms with Crippen LogP contribution in [0.2, 0.25) is 0 Å². The van der Waals surface area contributed by atoms with Crippen molar-refractivity contribution < 1.29 is 23.9 Å². The van der Waals surface area contributed by atoms with E-state index in [4.69, 9.17) is 4.42 Å². The summed E-state index contributed by atoms with van der Waals surface area (Å²) in [5.74, 6) is 1.01. The van der Waals surface area contributed by atoms with Gasteiger partial charge in [-0.25, -0.2) is 14.6 Å². The Hall–Kier alpha value is -3.96. The molecule has 3 aromatic rings. The summed E-state index contributed by atoms with van der Waals surface area (Å²) in [6.45, 7) is 0.592. The van der Waals surface area contributed by atoms with Gasteiger partial charge in [0.25, 0.3) is 5.91 Å². The summed E-state index contributed by atoms with van der Waals surface area (Å²) < 4.78 is 5.70. The quantitative estimate of drug-likeness (QED) is 0.193. The third-order valence-electron chi connectivity index (χ3n) is 6.98. The van der Waals surface area contributed by atoms with Crippen molar-refractivity contribution in [1.82, 2.24) is 10.3 Å². The first-order valence-corrected chi connectivity index (χ1v) is 13.0. The van der Waals surface area contributed by atoms with Crippen molar-refractivity contribution in [3.8, 4) is 22.6 Å². The maximum Gasteiger partial charge on any atom is 0.343 e. The Morgan fingerprint density at radius 2 is 1.81 bits per heavy atom. The van der Waals surface area contributed by atoms with Gasteiger partial charge in [-0.05, 0) is 35.1 Å². The van der Waals surface area contributed by atoms with Gasteiger partial charge in [0.2, 0.25) is 5.89 Å². The molecule has 1 aromatic heterocycles. The highest BCUT2D eigenvalue weighted by Crippen LogP contribution is 2.35. The van der Waals surface area contributed by atoms with E-state index in [9.17, 15) is 19.5 Å². The number of hydrogen-bond donors (Lipinski definition) is 2. The number of aliphatic carboxylic acids is 1. The second-order valence-corrected chi connectivity index (χ2v) is 9.56. The zero-order chi connectivity index (χ0) is 26.0. The normalized spacial score (nSPS) is 13.6. The molecule has 0 saturated heterocycles. The van der Waals surface area contributed by atoms with E-state index in [1.807, 2.05) is 30.3 Å². The predicted molar refractivity (Wildman–Crippen MR) is 141 cm³/mol. The van der Waals surface area contributed by atoms with Crippen LogP contribution in [0.15, 0.2) is 64.8 Å². The molecule has 2 aromatic carbocycles. The summed E-state index contributed by atoms with van der Waals surface area (Å²) in [5.41, 5.74) is 2.54. The summed E-state index contributed by atoms with van der Waals surface area (Å²) >= 11 is 0. The first kappa shape index (κ1) is 26.1. The number of carboxylic acids is 1. The lowest BCUT2D eigenvalue weighted by Crippen LogP contribution is -2.24. The van der Waals surface area contributed by atoms with Crippen molar-refractivity contribution in [3.05, 3.63) is 71.6 Å².